The van der Waals surface area contributed by atoms with Crippen LogP contribution in [0.4, 0.5) is 4.79 Å². The number of hydrogen-bond acceptors (Lipinski definition) is 4. The summed E-state index contributed by atoms with van der Waals surface area (Å²) in [7, 11) is 0. The molecule has 1 amide bonds. The number of benzene rings is 1. The fourth-order valence-electron chi connectivity index (χ4n) is 2.75. The van der Waals surface area contributed by atoms with E-state index in [9.17, 15) is 4.79 Å². The van der Waals surface area contributed by atoms with Gasteiger partial charge in [0.25, 0.3) is 0 Å². The van der Waals surface area contributed by atoms with Crippen molar-refractivity contribution in [3.63, 3.8) is 0 Å². The molecule has 0 saturated carbocycles. The van der Waals surface area contributed by atoms with Crippen molar-refractivity contribution < 1.29 is 9.53 Å². The Hall–Kier alpha value is -2.60. The van der Waals surface area contributed by atoms with E-state index in [1.54, 1.807) is 23.0 Å². The van der Waals surface area contributed by atoms with Crippen molar-refractivity contribution in [1.82, 2.24) is 19.9 Å². The Bertz CT molecular complexity index is 903. The third-order valence-corrected chi connectivity index (χ3v) is 4.30. The highest BCUT2D eigenvalue weighted by Gasteiger charge is 2.25. The normalized spacial score (nSPS) is 12.3. The molecule has 0 fully saturated rings. The van der Waals surface area contributed by atoms with Gasteiger partial charge in [-0.1, -0.05) is 37.6 Å². The molecule has 7 heteroatoms. The zero-order valence-electron chi connectivity index (χ0n) is 14.9. The molecule has 0 aliphatic heterocycles. The number of carbonyl (C=O) groups is 1. The van der Waals surface area contributed by atoms with Crippen molar-refractivity contribution in [2.24, 2.45) is 5.92 Å². The predicted octanol–water partition coefficient (Wildman–Crippen LogP) is 4.16. The molecule has 0 radical (unpaired) electrons. The number of aryl methyl sites for hydroxylation is 1. The van der Waals surface area contributed by atoms with Crippen molar-refractivity contribution in [2.45, 2.75) is 26.8 Å². The van der Waals surface area contributed by atoms with E-state index in [0.717, 1.165) is 11.1 Å². The number of rotatable bonds is 5. The monoisotopic (exact) mass is 372 g/mol. The summed E-state index contributed by atoms with van der Waals surface area (Å²) >= 11 is 6.46. The van der Waals surface area contributed by atoms with E-state index >= 15 is 0 Å². The molecule has 136 valence electrons. The number of nitrogens with zero attached hydrogens (tertiary/aromatic N) is 3. The average Bonchev–Trinajstić information content (AvgIpc) is 3.03. The minimum atomic E-state index is -0.534. The van der Waals surface area contributed by atoms with Gasteiger partial charge < -0.3 is 10.1 Å². The van der Waals surface area contributed by atoms with E-state index in [4.69, 9.17) is 16.3 Å². The predicted molar refractivity (Wildman–Crippen MR) is 100 cm³/mol. The van der Waals surface area contributed by atoms with Crippen LogP contribution in [0.5, 0.6) is 0 Å². The number of hydrogen-bond donors (Lipinski definition) is 1. The molecule has 0 saturated heterocycles. The van der Waals surface area contributed by atoms with E-state index in [2.05, 4.69) is 15.4 Å². The third-order valence-electron chi connectivity index (χ3n) is 3.97. The summed E-state index contributed by atoms with van der Waals surface area (Å²) in [5.41, 5.74) is 3.15. The van der Waals surface area contributed by atoms with E-state index in [1.807, 2.05) is 45.0 Å². The van der Waals surface area contributed by atoms with Crippen LogP contribution in [0.25, 0.3) is 5.65 Å². The maximum Gasteiger partial charge on any atom is 0.407 e. The van der Waals surface area contributed by atoms with Crippen LogP contribution < -0.4 is 5.32 Å². The number of fused-ring (bicyclic) bond motifs is 1. The molecule has 2 heterocycles. The Morgan fingerprint density at radius 2 is 2.12 bits per heavy atom. The van der Waals surface area contributed by atoms with Gasteiger partial charge in [-0.15, -0.1) is 0 Å². The molecular formula is C19H21ClN4O2. The average molecular weight is 373 g/mol. The van der Waals surface area contributed by atoms with Gasteiger partial charge in [0, 0.05) is 16.8 Å². The van der Waals surface area contributed by atoms with Crippen LogP contribution in [0, 0.1) is 12.8 Å². The fraction of sp³-hybridized carbons (Fsp3) is 0.316. The lowest BCUT2D eigenvalue weighted by Gasteiger charge is -2.21. The topological polar surface area (TPSA) is 68.5 Å². The summed E-state index contributed by atoms with van der Waals surface area (Å²) in [6.45, 7) is 6.26. The van der Waals surface area contributed by atoms with Gasteiger partial charge in [-0.2, -0.15) is 5.10 Å². The second-order valence-electron chi connectivity index (χ2n) is 6.52. The number of carbonyl (C=O) groups excluding carboxylic acids is 1. The van der Waals surface area contributed by atoms with E-state index in [0.29, 0.717) is 23.0 Å². The number of nitrogens with one attached hydrogen (secondary N) is 1. The first-order chi connectivity index (χ1) is 12.5. The van der Waals surface area contributed by atoms with Crippen LogP contribution in [0.3, 0.4) is 0 Å². The van der Waals surface area contributed by atoms with Crippen molar-refractivity contribution in [2.75, 3.05) is 6.61 Å². The Morgan fingerprint density at radius 1 is 1.31 bits per heavy atom. The van der Waals surface area contributed by atoms with Crippen molar-refractivity contribution in [3.8, 4) is 0 Å². The lowest BCUT2D eigenvalue weighted by molar-refractivity contribution is 0.130. The number of halogens is 1. The molecule has 0 spiro atoms. The molecule has 0 bridgehead atoms. The molecule has 1 aromatic carbocycles. The number of alkyl carbamates (subject to hydrolysis) is 1. The van der Waals surface area contributed by atoms with E-state index in [1.165, 1.54) is 0 Å². The highest BCUT2D eigenvalue weighted by atomic mass is 35.5. The minimum Gasteiger partial charge on any atom is -0.449 e. The molecule has 26 heavy (non-hydrogen) atoms. The largest absolute Gasteiger partial charge is 0.449 e. The number of ether oxygens (including phenoxy) is 1. The maximum absolute atomic E-state index is 12.4. The van der Waals surface area contributed by atoms with Gasteiger partial charge in [0.05, 0.1) is 18.5 Å². The standard InChI is InChI=1S/C19H21ClN4O2/c1-12(2)11-26-19(25)23-18(17-13(3)6-4-7-14(17)20)15-10-21-16-8-5-9-22-24(15)16/h4-10,12,18H,11H2,1-3H3,(H,23,25). The molecule has 1 unspecified atom stereocenters. The lowest BCUT2D eigenvalue weighted by atomic mass is 9.99. The number of aromatic nitrogens is 3. The Kier molecular flexibility index (Phi) is 5.42. The Balaban J connectivity index is 2.03. The van der Waals surface area contributed by atoms with Crippen LogP contribution in [0.2, 0.25) is 5.02 Å². The summed E-state index contributed by atoms with van der Waals surface area (Å²) < 4.78 is 6.99. The van der Waals surface area contributed by atoms with Crippen molar-refractivity contribution in [1.29, 1.82) is 0 Å². The van der Waals surface area contributed by atoms with Crippen LogP contribution in [0.15, 0.2) is 42.7 Å². The first-order valence-electron chi connectivity index (χ1n) is 8.44. The molecule has 3 aromatic rings. The second-order valence-corrected chi connectivity index (χ2v) is 6.92. The number of amides is 1. The van der Waals surface area contributed by atoms with Gasteiger partial charge in [-0.3, -0.25) is 0 Å². The first kappa shape index (κ1) is 18.2. The molecular weight excluding hydrogens is 352 g/mol. The fourth-order valence-corrected chi connectivity index (χ4v) is 3.08. The summed E-state index contributed by atoms with van der Waals surface area (Å²) in [6.07, 6.45) is 2.86. The minimum absolute atomic E-state index is 0.249. The second kappa shape index (κ2) is 7.74. The third kappa shape index (κ3) is 3.80. The van der Waals surface area contributed by atoms with Crippen molar-refractivity contribution in [3.05, 3.63) is 64.6 Å². The van der Waals surface area contributed by atoms with Crippen LogP contribution in [0.1, 0.15) is 36.7 Å². The highest BCUT2D eigenvalue weighted by Crippen LogP contribution is 2.31. The lowest BCUT2D eigenvalue weighted by Crippen LogP contribution is -2.32. The SMILES string of the molecule is Cc1cccc(Cl)c1C(NC(=O)OCC(C)C)c1cnc2cccnn12. The van der Waals surface area contributed by atoms with Crippen molar-refractivity contribution >= 4 is 23.3 Å². The summed E-state index contributed by atoms with van der Waals surface area (Å²) in [4.78, 5) is 16.7. The van der Waals surface area contributed by atoms with Crippen LogP contribution in [-0.2, 0) is 4.74 Å². The van der Waals surface area contributed by atoms with Gasteiger partial charge in [-0.25, -0.2) is 14.3 Å². The van der Waals surface area contributed by atoms with E-state index in [-0.39, 0.29) is 5.92 Å². The molecule has 0 aliphatic carbocycles. The van der Waals surface area contributed by atoms with Gasteiger partial charge >= 0.3 is 6.09 Å². The summed E-state index contributed by atoms with van der Waals surface area (Å²) in [6, 6.07) is 8.76. The molecule has 0 aliphatic rings. The molecule has 6 nitrogen and oxygen atoms in total. The smallest absolute Gasteiger partial charge is 0.407 e. The molecule has 1 atom stereocenters. The Morgan fingerprint density at radius 3 is 2.85 bits per heavy atom. The van der Waals surface area contributed by atoms with Gasteiger partial charge in [0.15, 0.2) is 5.65 Å². The van der Waals surface area contributed by atoms with E-state index < -0.39 is 12.1 Å². The molecule has 2 aromatic heterocycles. The highest BCUT2D eigenvalue weighted by molar-refractivity contribution is 6.31. The van der Waals surface area contributed by atoms with Gasteiger partial charge in [-0.05, 0) is 36.6 Å². The zero-order chi connectivity index (χ0) is 18.7. The Labute approximate surface area is 157 Å². The zero-order valence-corrected chi connectivity index (χ0v) is 15.7. The van der Waals surface area contributed by atoms with Gasteiger partial charge in [0.2, 0.25) is 0 Å². The first-order valence-corrected chi connectivity index (χ1v) is 8.82. The van der Waals surface area contributed by atoms with Crippen LogP contribution in [-0.4, -0.2) is 27.3 Å². The summed E-state index contributed by atoms with van der Waals surface area (Å²) in [5, 5.41) is 7.83. The maximum atomic E-state index is 12.4. The van der Waals surface area contributed by atoms with Gasteiger partial charge in [0.1, 0.15) is 6.04 Å². The quantitative estimate of drug-likeness (QED) is 0.730. The summed E-state index contributed by atoms with van der Waals surface area (Å²) in [5.74, 6) is 0.249. The molecule has 3 rings (SSSR count). The number of imidazole rings is 1. The molecule has 1 N–H and O–H groups in total. The van der Waals surface area contributed by atoms with Crippen LogP contribution >= 0.6 is 11.6 Å².